The number of benzene rings is 1. The van der Waals surface area contributed by atoms with E-state index < -0.39 is 4.92 Å². The van der Waals surface area contributed by atoms with Crippen molar-refractivity contribution in [2.24, 2.45) is 0 Å². The Balaban J connectivity index is 2.24. The number of hydrogen-bond donors (Lipinski definition) is 1. The van der Waals surface area contributed by atoms with Crippen LogP contribution in [-0.4, -0.2) is 31.6 Å². The van der Waals surface area contributed by atoms with Crippen molar-refractivity contribution in [1.29, 1.82) is 0 Å². The lowest BCUT2D eigenvalue weighted by Crippen LogP contribution is -2.04. The van der Waals surface area contributed by atoms with Crippen LogP contribution in [0.4, 0.5) is 5.69 Å². The molecule has 0 aliphatic heterocycles. The van der Waals surface area contributed by atoms with E-state index in [4.69, 9.17) is 16.7 Å². The molecule has 0 atom stereocenters. The number of halogens is 1. The van der Waals surface area contributed by atoms with Crippen molar-refractivity contribution < 1.29 is 10.0 Å². The maximum absolute atomic E-state index is 10.9. The zero-order chi connectivity index (χ0) is 13.8. The van der Waals surface area contributed by atoms with E-state index in [9.17, 15) is 10.1 Å². The van der Waals surface area contributed by atoms with Crippen molar-refractivity contribution in [2.45, 2.75) is 13.0 Å². The molecule has 0 amide bonds. The van der Waals surface area contributed by atoms with Gasteiger partial charge in [0.15, 0.2) is 0 Å². The number of hydrogen-bond acceptors (Lipinski definition) is 5. The number of aliphatic hydroxyl groups excluding tert-OH is 1. The van der Waals surface area contributed by atoms with Gasteiger partial charge in [-0.3, -0.25) is 10.1 Å². The number of aromatic nitrogens is 3. The van der Waals surface area contributed by atoms with Crippen LogP contribution >= 0.6 is 11.6 Å². The first-order valence-electron chi connectivity index (χ1n) is 5.53. The molecule has 0 bridgehead atoms. The number of aliphatic hydroxyl groups is 1. The highest BCUT2D eigenvalue weighted by atomic mass is 35.5. The fraction of sp³-hybridized carbons (Fsp3) is 0.273. The third-order valence-electron chi connectivity index (χ3n) is 2.53. The van der Waals surface area contributed by atoms with Crippen LogP contribution in [-0.2, 0) is 13.0 Å². The fourth-order valence-electron chi connectivity index (χ4n) is 1.66. The molecule has 7 nitrogen and oxygen atoms in total. The molecule has 19 heavy (non-hydrogen) atoms. The van der Waals surface area contributed by atoms with Crippen LogP contribution in [0.5, 0.6) is 0 Å². The van der Waals surface area contributed by atoms with Gasteiger partial charge in [0.05, 0.1) is 22.7 Å². The Bertz CT molecular complexity index is 599. The predicted octanol–water partition coefficient (Wildman–Crippen LogP) is 1.42. The van der Waals surface area contributed by atoms with Gasteiger partial charge in [0, 0.05) is 30.3 Å². The van der Waals surface area contributed by atoms with Crippen molar-refractivity contribution in [2.75, 3.05) is 6.61 Å². The van der Waals surface area contributed by atoms with Gasteiger partial charge in [0.2, 0.25) is 0 Å². The van der Waals surface area contributed by atoms with E-state index >= 15 is 0 Å². The zero-order valence-electron chi connectivity index (χ0n) is 9.86. The average molecular weight is 283 g/mol. The van der Waals surface area contributed by atoms with Crippen LogP contribution < -0.4 is 0 Å². The average Bonchev–Trinajstić information content (AvgIpc) is 2.79. The van der Waals surface area contributed by atoms with Gasteiger partial charge < -0.3 is 5.11 Å². The molecule has 0 unspecified atom stereocenters. The highest BCUT2D eigenvalue weighted by Gasteiger charge is 2.15. The molecule has 0 aliphatic rings. The summed E-state index contributed by atoms with van der Waals surface area (Å²) in [4.78, 5) is 10.5. The third-order valence-corrected chi connectivity index (χ3v) is 2.77. The van der Waals surface area contributed by atoms with Crippen LogP contribution in [0, 0.1) is 10.1 Å². The Labute approximate surface area is 113 Å². The Hall–Kier alpha value is -1.99. The molecule has 0 saturated heterocycles. The summed E-state index contributed by atoms with van der Waals surface area (Å²) in [7, 11) is 0. The number of nitro benzene ring substituents is 1. The van der Waals surface area contributed by atoms with Gasteiger partial charge in [0.1, 0.15) is 0 Å². The minimum absolute atomic E-state index is 0.0141. The molecule has 0 aliphatic carbocycles. The Morgan fingerprint density at radius 1 is 1.47 bits per heavy atom. The third kappa shape index (κ3) is 3.27. The molecular weight excluding hydrogens is 272 g/mol. The normalized spacial score (nSPS) is 10.6. The maximum atomic E-state index is 10.9. The first-order valence-corrected chi connectivity index (χ1v) is 5.90. The summed E-state index contributed by atoms with van der Waals surface area (Å²) in [5.74, 6) is 0. The summed E-state index contributed by atoms with van der Waals surface area (Å²) >= 11 is 5.74. The number of nitrogens with zero attached hydrogens (tertiary/aromatic N) is 4. The smallest absolute Gasteiger partial charge is 0.275 e. The molecule has 0 saturated carbocycles. The highest BCUT2D eigenvalue weighted by molar-refractivity contribution is 6.30. The van der Waals surface area contributed by atoms with E-state index in [0.29, 0.717) is 22.7 Å². The van der Waals surface area contributed by atoms with Crippen molar-refractivity contribution in [3.05, 3.63) is 50.8 Å². The first kappa shape index (κ1) is 13.4. The van der Waals surface area contributed by atoms with Crippen molar-refractivity contribution >= 4 is 17.3 Å². The second kappa shape index (κ2) is 5.77. The summed E-state index contributed by atoms with van der Waals surface area (Å²) in [5.41, 5.74) is 1.08. The second-order valence-electron chi connectivity index (χ2n) is 3.91. The lowest BCUT2D eigenvalue weighted by molar-refractivity contribution is -0.385. The Morgan fingerprint density at radius 3 is 2.95 bits per heavy atom. The standard InChI is InChI=1S/C11H11ClN4O3/c12-9-2-1-8(11(5-9)16(18)19)6-15-7-10(3-4-17)13-14-15/h1-2,5,7,17H,3-4,6H2. The molecule has 0 spiro atoms. The zero-order valence-corrected chi connectivity index (χ0v) is 10.6. The minimum atomic E-state index is -0.479. The summed E-state index contributed by atoms with van der Waals surface area (Å²) in [6.45, 7) is 0.214. The van der Waals surface area contributed by atoms with Gasteiger partial charge in [0.25, 0.3) is 5.69 Å². The van der Waals surface area contributed by atoms with E-state index in [0.717, 1.165) is 0 Å². The molecule has 2 aromatic rings. The summed E-state index contributed by atoms with van der Waals surface area (Å²) in [6, 6.07) is 4.49. The Kier molecular flexibility index (Phi) is 4.08. The molecule has 8 heteroatoms. The molecule has 100 valence electrons. The van der Waals surface area contributed by atoms with Gasteiger partial charge >= 0.3 is 0 Å². The monoisotopic (exact) mass is 282 g/mol. The van der Waals surface area contributed by atoms with Crippen LogP contribution in [0.25, 0.3) is 0 Å². The van der Waals surface area contributed by atoms with Crippen LogP contribution in [0.3, 0.4) is 0 Å². The molecule has 0 fully saturated rings. The lowest BCUT2D eigenvalue weighted by atomic mass is 10.2. The molecule has 1 heterocycles. The maximum Gasteiger partial charge on any atom is 0.275 e. The first-order chi connectivity index (χ1) is 9.10. The molecule has 0 radical (unpaired) electrons. The molecule has 1 N–H and O–H groups in total. The predicted molar refractivity (Wildman–Crippen MR) is 68.0 cm³/mol. The van der Waals surface area contributed by atoms with Gasteiger partial charge in [-0.05, 0) is 12.1 Å². The summed E-state index contributed by atoms with van der Waals surface area (Å²) in [5, 5.41) is 27.7. The van der Waals surface area contributed by atoms with E-state index in [1.165, 1.54) is 10.7 Å². The number of nitro groups is 1. The topological polar surface area (TPSA) is 94.1 Å². The number of rotatable bonds is 5. The second-order valence-corrected chi connectivity index (χ2v) is 4.35. The van der Waals surface area contributed by atoms with Crippen LogP contribution in [0.15, 0.2) is 24.4 Å². The Morgan fingerprint density at radius 2 is 2.26 bits per heavy atom. The van der Waals surface area contributed by atoms with Crippen LogP contribution in [0.2, 0.25) is 5.02 Å². The van der Waals surface area contributed by atoms with Gasteiger partial charge in [-0.1, -0.05) is 16.8 Å². The van der Waals surface area contributed by atoms with Crippen molar-refractivity contribution in [1.82, 2.24) is 15.0 Å². The largest absolute Gasteiger partial charge is 0.396 e. The highest BCUT2D eigenvalue weighted by Crippen LogP contribution is 2.23. The SMILES string of the molecule is O=[N+]([O-])c1cc(Cl)ccc1Cn1cc(CCO)nn1. The lowest BCUT2D eigenvalue weighted by Gasteiger charge is -2.03. The quantitative estimate of drug-likeness (QED) is 0.661. The van der Waals surface area contributed by atoms with Gasteiger partial charge in [-0.15, -0.1) is 5.10 Å². The van der Waals surface area contributed by atoms with Gasteiger partial charge in [-0.2, -0.15) is 0 Å². The van der Waals surface area contributed by atoms with E-state index in [1.54, 1.807) is 18.3 Å². The van der Waals surface area contributed by atoms with E-state index in [2.05, 4.69) is 10.3 Å². The molecular formula is C11H11ClN4O3. The van der Waals surface area contributed by atoms with E-state index in [1.807, 2.05) is 0 Å². The minimum Gasteiger partial charge on any atom is -0.396 e. The summed E-state index contributed by atoms with van der Waals surface area (Å²) in [6.07, 6.45) is 2.05. The molecule has 2 rings (SSSR count). The fourth-order valence-corrected chi connectivity index (χ4v) is 1.83. The molecule has 1 aromatic carbocycles. The summed E-state index contributed by atoms with van der Waals surface area (Å²) < 4.78 is 1.49. The van der Waals surface area contributed by atoms with Crippen molar-refractivity contribution in [3.63, 3.8) is 0 Å². The molecule has 1 aromatic heterocycles. The van der Waals surface area contributed by atoms with Crippen LogP contribution in [0.1, 0.15) is 11.3 Å². The van der Waals surface area contributed by atoms with Crippen molar-refractivity contribution in [3.8, 4) is 0 Å². The van der Waals surface area contributed by atoms with Gasteiger partial charge in [-0.25, -0.2) is 4.68 Å². The van der Waals surface area contributed by atoms with E-state index in [-0.39, 0.29) is 18.8 Å².